The first-order chi connectivity index (χ1) is 11.1. The number of aliphatic hydroxyl groups excluding tert-OH is 1. The van der Waals surface area contributed by atoms with Gasteiger partial charge in [-0.05, 0) is 43.4 Å². The van der Waals surface area contributed by atoms with E-state index in [0.29, 0.717) is 25.8 Å². The number of aliphatic hydroxyl groups is 1. The summed E-state index contributed by atoms with van der Waals surface area (Å²) >= 11 is 0. The van der Waals surface area contributed by atoms with E-state index < -0.39 is 0 Å². The van der Waals surface area contributed by atoms with E-state index in [2.05, 4.69) is 5.32 Å². The lowest BCUT2D eigenvalue weighted by Gasteiger charge is -2.27. The van der Waals surface area contributed by atoms with Crippen LogP contribution in [0.25, 0.3) is 0 Å². The molecule has 1 aromatic rings. The highest BCUT2D eigenvalue weighted by molar-refractivity contribution is 5.75. The number of ether oxygens (including phenoxy) is 1. The lowest BCUT2D eigenvalue weighted by Crippen LogP contribution is -2.36. The number of carbonyl (C=O) groups is 1. The fraction of sp³-hybridized carbons (Fsp3) is 0.611. The first-order valence-corrected chi connectivity index (χ1v) is 8.37. The normalized spacial score (nSPS) is 21.0. The SMILES string of the molecule is COc1ccc(CCCC(=O)NC[C@@H]2CCCC[C@H]2O)cc1F. The highest BCUT2D eigenvalue weighted by Gasteiger charge is 2.23. The van der Waals surface area contributed by atoms with Gasteiger partial charge >= 0.3 is 0 Å². The van der Waals surface area contributed by atoms with Crippen molar-refractivity contribution in [3.63, 3.8) is 0 Å². The summed E-state index contributed by atoms with van der Waals surface area (Å²) in [7, 11) is 1.44. The van der Waals surface area contributed by atoms with Gasteiger partial charge in [-0.2, -0.15) is 0 Å². The molecule has 23 heavy (non-hydrogen) atoms. The molecule has 1 amide bonds. The van der Waals surface area contributed by atoms with Crippen LogP contribution in [0.15, 0.2) is 18.2 Å². The maximum Gasteiger partial charge on any atom is 0.220 e. The molecule has 2 rings (SSSR count). The minimum absolute atomic E-state index is 0.00300. The van der Waals surface area contributed by atoms with Crippen LogP contribution in [0.1, 0.15) is 44.1 Å². The molecule has 5 heteroatoms. The summed E-state index contributed by atoms with van der Waals surface area (Å²) < 4.78 is 18.5. The third-order valence-corrected chi connectivity index (χ3v) is 4.52. The number of aryl methyl sites for hydroxylation is 1. The Labute approximate surface area is 137 Å². The van der Waals surface area contributed by atoms with Gasteiger partial charge in [-0.3, -0.25) is 4.79 Å². The van der Waals surface area contributed by atoms with Crippen LogP contribution in [0.4, 0.5) is 4.39 Å². The van der Waals surface area contributed by atoms with E-state index in [1.807, 2.05) is 6.07 Å². The lowest BCUT2D eigenvalue weighted by molar-refractivity contribution is -0.121. The van der Waals surface area contributed by atoms with Crippen molar-refractivity contribution in [3.8, 4) is 5.75 Å². The number of methoxy groups -OCH3 is 1. The minimum Gasteiger partial charge on any atom is -0.494 e. The summed E-state index contributed by atoms with van der Waals surface area (Å²) in [6, 6.07) is 4.88. The summed E-state index contributed by atoms with van der Waals surface area (Å²) in [5.41, 5.74) is 0.860. The van der Waals surface area contributed by atoms with Crippen LogP contribution in [0.3, 0.4) is 0 Å². The fourth-order valence-corrected chi connectivity index (χ4v) is 3.08. The van der Waals surface area contributed by atoms with E-state index in [1.165, 1.54) is 13.2 Å². The van der Waals surface area contributed by atoms with E-state index in [4.69, 9.17) is 4.74 Å². The molecule has 0 bridgehead atoms. The highest BCUT2D eigenvalue weighted by Crippen LogP contribution is 2.23. The Morgan fingerprint density at radius 2 is 2.17 bits per heavy atom. The third-order valence-electron chi connectivity index (χ3n) is 4.52. The monoisotopic (exact) mass is 323 g/mol. The third kappa shape index (κ3) is 5.50. The number of nitrogens with one attached hydrogen (secondary N) is 1. The molecule has 2 atom stereocenters. The van der Waals surface area contributed by atoms with E-state index in [0.717, 1.165) is 31.2 Å². The van der Waals surface area contributed by atoms with Crippen molar-refractivity contribution in [2.75, 3.05) is 13.7 Å². The molecule has 1 saturated carbocycles. The van der Waals surface area contributed by atoms with Crippen molar-refractivity contribution < 1.29 is 19.0 Å². The molecule has 128 valence electrons. The van der Waals surface area contributed by atoms with E-state index in [1.54, 1.807) is 6.07 Å². The molecule has 0 aliphatic heterocycles. The molecule has 0 aromatic heterocycles. The number of hydrogen-bond acceptors (Lipinski definition) is 3. The van der Waals surface area contributed by atoms with E-state index in [9.17, 15) is 14.3 Å². The summed E-state index contributed by atoms with van der Waals surface area (Å²) in [6.45, 7) is 0.553. The Morgan fingerprint density at radius 1 is 1.39 bits per heavy atom. The predicted molar refractivity (Wildman–Crippen MR) is 86.9 cm³/mol. The van der Waals surface area contributed by atoms with Crippen molar-refractivity contribution in [1.29, 1.82) is 0 Å². The van der Waals surface area contributed by atoms with Crippen LogP contribution in [-0.2, 0) is 11.2 Å². The zero-order valence-corrected chi connectivity index (χ0v) is 13.7. The zero-order valence-electron chi connectivity index (χ0n) is 13.7. The average Bonchev–Trinajstić information content (AvgIpc) is 2.54. The van der Waals surface area contributed by atoms with Crippen LogP contribution in [0, 0.1) is 11.7 Å². The number of rotatable bonds is 7. The van der Waals surface area contributed by atoms with Gasteiger partial charge in [0, 0.05) is 18.9 Å². The van der Waals surface area contributed by atoms with Crippen LogP contribution in [0.5, 0.6) is 5.75 Å². The van der Waals surface area contributed by atoms with E-state index >= 15 is 0 Å². The smallest absolute Gasteiger partial charge is 0.220 e. The lowest BCUT2D eigenvalue weighted by atomic mass is 9.86. The second kappa shape index (κ2) is 8.87. The quantitative estimate of drug-likeness (QED) is 0.811. The highest BCUT2D eigenvalue weighted by atomic mass is 19.1. The van der Waals surface area contributed by atoms with Gasteiger partial charge in [0.15, 0.2) is 11.6 Å². The van der Waals surface area contributed by atoms with Gasteiger partial charge in [-0.1, -0.05) is 18.9 Å². The first-order valence-electron chi connectivity index (χ1n) is 8.37. The molecule has 0 spiro atoms. The van der Waals surface area contributed by atoms with Crippen LogP contribution in [0.2, 0.25) is 0 Å². The Kier molecular flexibility index (Phi) is 6.84. The van der Waals surface area contributed by atoms with E-state index in [-0.39, 0.29) is 29.5 Å². The number of amides is 1. The largest absolute Gasteiger partial charge is 0.494 e. The van der Waals surface area contributed by atoms with Gasteiger partial charge in [0.05, 0.1) is 13.2 Å². The molecule has 4 nitrogen and oxygen atoms in total. The van der Waals surface area contributed by atoms with Crippen LogP contribution < -0.4 is 10.1 Å². The number of carbonyl (C=O) groups excluding carboxylic acids is 1. The maximum atomic E-state index is 13.6. The second-order valence-electron chi connectivity index (χ2n) is 6.24. The topological polar surface area (TPSA) is 58.6 Å². The predicted octanol–water partition coefficient (Wildman–Crippen LogP) is 2.82. The molecular formula is C18H26FNO3. The van der Waals surface area contributed by atoms with Crippen molar-refractivity contribution in [2.45, 2.75) is 51.0 Å². The van der Waals surface area contributed by atoms with Crippen LogP contribution in [-0.4, -0.2) is 30.8 Å². The molecule has 1 aromatic carbocycles. The maximum absolute atomic E-state index is 13.6. The summed E-state index contributed by atoms with van der Waals surface area (Å²) in [5, 5.41) is 12.8. The molecule has 1 fully saturated rings. The minimum atomic E-state index is -0.374. The molecule has 1 aliphatic carbocycles. The Hall–Kier alpha value is -1.62. The fourth-order valence-electron chi connectivity index (χ4n) is 3.08. The van der Waals surface area contributed by atoms with Gasteiger partial charge in [0.25, 0.3) is 0 Å². The van der Waals surface area contributed by atoms with Gasteiger partial charge in [-0.15, -0.1) is 0 Å². The summed E-state index contributed by atoms with van der Waals surface area (Å²) in [5.74, 6) is 0.0402. The number of benzene rings is 1. The standard InChI is InChI=1S/C18H26FNO3/c1-23-17-10-9-13(11-15(17)19)5-4-8-18(22)20-12-14-6-2-3-7-16(14)21/h9-11,14,16,21H,2-8,12H2,1H3,(H,20,22)/t14-,16+/m0/s1. The van der Waals surface area contributed by atoms with Crippen molar-refractivity contribution in [1.82, 2.24) is 5.32 Å². The van der Waals surface area contributed by atoms with Gasteiger partial charge in [0.1, 0.15) is 0 Å². The van der Waals surface area contributed by atoms with Gasteiger partial charge < -0.3 is 15.2 Å². The Morgan fingerprint density at radius 3 is 2.87 bits per heavy atom. The number of hydrogen-bond donors (Lipinski definition) is 2. The molecule has 0 heterocycles. The van der Waals surface area contributed by atoms with Crippen molar-refractivity contribution in [3.05, 3.63) is 29.6 Å². The summed E-state index contributed by atoms with van der Waals surface area (Å²) in [6.07, 6.45) is 5.47. The molecule has 0 radical (unpaired) electrons. The van der Waals surface area contributed by atoms with Crippen molar-refractivity contribution >= 4 is 5.91 Å². The number of halogens is 1. The first kappa shape index (κ1) is 17.7. The van der Waals surface area contributed by atoms with Gasteiger partial charge in [-0.25, -0.2) is 4.39 Å². The molecule has 0 unspecified atom stereocenters. The van der Waals surface area contributed by atoms with Crippen LogP contribution >= 0.6 is 0 Å². The van der Waals surface area contributed by atoms with Crippen molar-refractivity contribution in [2.24, 2.45) is 5.92 Å². The second-order valence-corrected chi connectivity index (χ2v) is 6.24. The average molecular weight is 323 g/mol. The molecule has 2 N–H and O–H groups in total. The Bertz CT molecular complexity index is 521. The molecule has 1 aliphatic rings. The zero-order chi connectivity index (χ0) is 16.7. The summed E-state index contributed by atoms with van der Waals surface area (Å²) in [4.78, 5) is 11.9. The van der Waals surface area contributed by atoms with Gasteiger partial charge in [0.2, 0.25) is 5.91 Å². The molecular weight excluding hydrogens is 297 g/mol. The Balaban J connectivity index is 1.67. The molecule has 0 saturated heterocycles.